The number of aromatic nitrogens is 3. The van der Waals surface area contributed by atoms with E-state index in [1.165, 1.54) is 24.8 Å². The Balaban J connectivity index is 1.35. The molecule has 1 aliphatic rings. The number of rotatable bonds is 5. The first-order valence-electron chi connectivity index (χ1n) is 10.4. The van der Waals surface area contributed by atoms with Crippen LogP contribution in [0, 0.1) is 5.92 Å². The molecular weight excluding hydrogens is 374 g/mol. The second kappa shape index (κ2) is 7.75. The Kier molecular flexibility index (Phi) is 4.79. The van der Waals surface area contributed by atoms with Crippen LogP contribution >= 0.6 is 0 Å². The minimum atomic E-state index is -0.142. The number of nitrogens with zero attached hydrogens (tertiary/aromatic N) is 2. The summed E-state index contributed by atoms with van der Waals surface area (Å²) in [6.07, 6.45) is 5.36. The van der Waals surface area contributed by atoms with Crippen molar-refractivity contribution in [3.05, 3.63) is 83.8 Å². The SMILES string of the molecule is CC1CC[C@@H](c2cccnc2Oc2ccc(C(=O)c3nc4ccccc4[nH]3)cc2)C1. The number of hydrogen-bond donors (Lipinski definition) is 1. The van der Waals surface area contributed by atoms with Gasteiger partial charge in [-0.1, -0.05) is 31.5 Å². The number of fused-ring (bicyclic) bond motifs is 1. The van der Waals surface area contributed by atoms with Crippen LogP contribution in [0.25, 0.3) is 11.0 Å². The van der Waals surface area contributed by atoms with Crippen molar-refractivity contribution >= 4 is 16.8 Å². The van der Waals surface area contributed by atoms with E-state index in [1.807, 2.05) is 42.5 Å². The summed E-state index contributed by atoms with van der Waals surface area (Å²) in [6.45, 7) is 2.30. The molecule has 0 amide bonds. The van der Waals surface area contributed by atoms with E-state index in [0.717, 1.165) is 17.0 Å². The fourth-order valence-corrected chi connectivity index (χ4v) is 4.27. The largest absolute Gasteiger partial charge is 0.439 e. The molecule has 150 valence electrons. The Hall–Kier alpha value is -3.47. The Morgan fingerprint density at radius 2 is 1.87 bits per heavy atom. The Labute approximate surface area is 175 Å². The standard InChI is InChI=1S/C25H23N3O2/c1-16-8-9-18(15-16)20-5-4-14-26-25(20)30-19-12-10-17(11-13-19)23(29)24-27-21-6-2-3-7-22(21)28-24/h2-7,10-14,16,18H,8-9,15H2,1H3,(H,27,28)/t16?,18-/m1/s1. The molecule has 1 saturated carbocycles. The van der Waals surface area contributed by atoms with Crippen LogP contribution in [0.4, 0.5) is 0 Å². The fraction of sp³-hybridized carbons (Fsp3) is 0.240. The molecule has 0 bridgehead atoms. The molecule has 2 heterocycles. The number of imidazole rings is 1. The maximum absolute atomic E-state index is 12.8. The zero-order valence-corrected chi connectivity index (χ0v) is 16.8. The van der Waals surface area contributed by atoms with Crippen LogP contribution in [0.2, 0.25) is 0 Å². The summed E-state index contributed by atoms with van der Waals surface area (Å²) in [5.41, 5.74) is 3.37. The molecule has 1 unspecified atom stereocenters. The summed E-state index contributed by atoms with van der Waals surface area (Å²) in [5.74, 6) is 2.77. The predicted molar refractivity (Wildman–Crippen MR) is 116 cm³/mol. The molecule has 5 rings (SSSR count). The minimum absolute atomic E-state index is 0.142. The van der Waals surface area contributed by atoms with Crippen molar-refractivity contribution < 1.29 is 9.53 Å². The van der Waals surface area contributed by atoms with E-state index < -0.39 is 0 Å². The summed E-state index contributed by atoms with van der Waals surface area (Å²) >= 11 is 0. The van der Waals surface area contributed by atoms with Gasteiger partial charge in [-0.15, -0.1) is 0 Å². The lowest BCUT2D eigenvalue weighted by atomic mass is 9.98. The second-order valence-corrected chi connectivity index (χ2v) is 8.07. The third-order valence-electron chi connectivity index (χ3n) is 5.87. The zero-order valence-electron chi connectivity index (χ0n) is 16.8. The highest BCUT2D eigenvalue weighted by molar-refractivity contribution is 6.08. The van der Waals surface area contributed by atoms with E-state index in [2.05, 4.69) is 27.9 Å². The molecule has 5 nitrogen and oxygen atoms in total. The van der Waals surface area contributed by atoms with Crippen LogP contribution in [0.5, 0.6) is 11.6 Å². The lowest BCUT2D eigenvalue weighted by Crippen LogP contribution is -2.03. The number of ketones is 1. The Morgan fingerprint density at radius 3 is 2.63 bits per heavy atom. The molecule has 2 aromatic carbocycles. The van der Waals surface area contributed by atoms with Crippen molar-refractivity contribution in [3.8, 4) is 11.6 Å². The molecule has 1 fully saturated rings. The van der Waals surface area contributed by atoms with Gasteiger partial charge in [-0.05, 0) is 67.1 Å². The first-order valence-corrected chi connectivity index (χ1v) is 10.4. The number of hydrogen-bond acceptors (Lipinski definition) is 4. The van der Waals surface area contributed by atoms with E-state index in [-0.39, 0.29) is 5.78 Å². The summed E-state index contributed by atoms with van der Waals surface area (Å²) in [5, 5.41) is 0. The first kappa shape index (κ1) is 18.6. The van der Waals surface area contributed by atoms with Crippen molar-refractivity contribution in [1.29, 1.82) is 0 Å². The zero-order chi connectivity index (χ0) is 20.5. The first-order chi connectivity index (χ1) is 14.7. The van der Waals surface area contributed by atoms with Crippen molar-refractivity contribution in [2.24, 2.45) is 5.92 Å². The van der Waals surface area contributed by atoms with Gasteiger partial charge in [-0.25, -0.2) is 9.97 Å². The highest BCUT2D eigenvalue weighted by Crippen LogP contribution is 2.41. The minimum Gasteiger partial charge on any atom is -0.439 e. The van der Waals surface area contributed by atoms with Crippen molar-refractivity contribution in [3.63, 3.8) is 0 Å². The third kappa shape index (κ3) is 3.59. The van der Waals surface area contributed by atoms with Gasteiger partial charge in [0, 0.05) is 17.3 Å². The van der Waals surface area contributed by atoms with Gasteiger partial charge in [0.15, 0.2) is 5.82 Å². The van der Waals surface area contributed by atoms with Crippen LogP contribution in [-0.4, -0.2) is 20.7 Å². The number of pyridine rings is 1. The summed E-state index contributed by atoms with van der Waals surface area (Å²) < 4.78 is 6.10. The maximum atomic E-state index is 12.8. The van der Waals surface area contributed by atoms with Gasteiger partial charge in [0.1, 0.15) is 5.75 Å². The summed E-state index contributed by atoms with van der Waals surface area (Å²) in [7, 11) is 0. The number of carbonyl (C=O) groups is 1. The van der Waals surface area contributed by atoms with Gasteiger partial charge >= 0.3 is 0 Å². The third-order valence-corrected chi connectivity index (χ3v) is 5.87. The highest BCUT2D eigenvalue weighted by Gasteiger charge is 2.26. The monoisotopic (exact) mass is 397 g/mol. The van der Waals surface area contributed by atoms with Gasteiger partial charge in [-0.2, -0.15) is 0 Å². The highest BCUT2D eigenvalue weighted by atomic mass is 16.5. The molecule has 0 spiro atoms. The smallest absolute Gasteiger partial charge is 0.228 e. The fourth-order valence-electron chi connectivity index (χ4n) is 4.27. The summed E-state index contributed by atoms with van der Waals surface area (Å²) in [4.78, 5) is 24.7. The van der Waals surface area contributed by atoms with Crippen molar-refractivity contribution in [1.82, 2.24) is 15.0 Å². The van der Waals surface area contributed by atoms with Crippen LogP contribution in [0.15, 0.2) is 66.9 Å². The molecule has 0 saturated heterocycles. The van der Waals surface area contributed by atoms with Crippen LogP contribution in [-0.2, 0) is 0 Å². The lowest BCUT2D eigenvalue weighted by Gasteiger charge is -2.15. The van der Waals surface area contributed by atoms with E-state index in [4.69, 9.17) is 4.74 Å². The molecule has 0 radical (unpaired) electrons. The van der Waals surface area contributed by atoms with Gasteiger partial charge in [0.2, 0.25) is 11.7 Å². The topological polar surface area (TPSA) is 67.9 Å². The average Bonchev–Trinajstić information content (AvgIpc) is 3.40. The predicted octanol–water partition coefficient (Wildman–Crippen LogP) is 5.88. The normalized spacial score (nSPS) is 18.6. The van der Waals surface area contributed by atoms with Crippen molar-refractivity contribution in [2.45, 2.75) is 32.1 Å². The van der Waals surface area contributed by atoms with Gasteiger partial charge in [0.25, 0.3) is 0 Å². The molecule has 2 atom stereocenters. The van der Waals surface area contributed by atoms with Crippen molar-refractivity contribution in [2.75, 3.05) is 0 Å². The second-order valence-electron chi connectivity index (χ2n) is 8.07. The number of ether oxygens (including phenoxy) is 1. The quantitative estimate of drug-likeness (QED) is 0.427. The van der Waals surface area contributed by atoms with Gasteiger partial charge in [0.05, 0.1) is 11.0 Å². The molecule has 1 N–H and O–H groups in total. The van der Waals surface area contributed by atoms with E-state index in [1.54, 1.807) is 18.3 Å². The molecule has 1 aliphatic carbocycles. The number of nitrogens with one attached hydrogen (secondary N) is 1. The van der Waals surface area contributed by atoms with E-state index in [9.17, 15) is 4.79 Å². The number of aromatic amines is 1. The van der Waals surface area contributed by atoms with E-state index >= 15 is 0 Å². The number of carbonyl (C=O) groups excluding carboxylic acids is 1. The van der Waals surface area contributed by atoms with Crippen LogP contribution in [0.1, 0.15) is 53.8 Å². The lowest BCUT2D eigenvalue weighted by molar-refractivity contribution is 0.103. The maximum Gasteiger partial charge on any atom is 0.228 e. The molecule has 4 aromatic rings. The van der Waals surface area contributed by atoms with Crippen LogP contribution < -0.4 is 4.74 Å². The molecular formula is C25H23N3O2. The number of H-pyrrole nitrogens is 1. The number of benzene rings is 2. The molecule has 0 aliphatic heterocycles. The van der Waals surface area contributed by atoms with Gasteiger partial charge < -0.3 is 9.72 Å². The molecule has 5 heteroatoms. The average molecular weight is 397 g/mol. The van der Waals surface area contributed by atoms with Crippen LogP contribution in [0.3, 0.4) is 0 Å². The summed E-state index contributed by atoms with van der Waals surface area (Å²) in [6, 6.07) is 18.9. The molecule has 30 heavy (non-hydrogen) atoms. The van der Waals surface area contributed by atoms with Gasteiger partial charge in [-0.3, -0.25) is 4.79 Å². The Bertz CT molecular complexity index is 1160. The Morgan fingerprint density at radius 1 is 1.03 bits per heavy atom. The molecule has 2 aromatic heterocycles. The van der Waals surface area contributed by atoms with E-state index in [0.29, 0.717) is 28.9 Å². The number of para-hydroxylation sites is 2.